The van der Waals surface area contributed by atoms with E-state index in [0.717, 1.165) is 31.5 Å². The van der Waals surface area contributed by atoms with Gasteiger partial charge in [0.05, 0.1) is 6.04 Å². The van der Waals surface area contributed by atoms with Gasteiger partial charge in [-0.1, -0.05) is 19.1 Å². The Hall–Kier alpha value is -1.55. The van der Waals surface area contributed by atoms with Gasteiger partial charge in [0.1, 0.15) is 5.75 Å². The van der Waals surface area contributed by atoms with Crippen LogP contribution in [0.25, 0.3) is 0 Å². The van der Waals surface area contributed by atoms with Crippen LogP contribution >= 0.6 is 0 Å². The van der Waals surface area contributed by atoms with Crippen molar-refractivity contribution in [2.75, 3.05) is 13.1 Å². The van der Waals surface area contributed by atoms with Crippen LogP contribution < -0.4 is 5.73 Å². The number of rotatable bonds is 3. The Bertz CT molecular complexity index is 444. The first-order valence-electron chi connectivity index (χ1n) is 7.38. The van der Waals surface area contributed by atoms with E-state index in [0.29, 0.717) is 12.3 Å². The molecule has 4 nitrogen and oxygen atoms in total. The third-order valence-corrected chi connectivity index (χ3v) is 4.04. The Kier molecular flexibility index (Phi) is 5.01. The lowest BCUT2D eigenvalue weighted by molar-refractivity contribution is -0.132. The van der Waals surface area contributed by atoms with Gasteiger partial charge in [-0.2, -0.15) is 0 Å². The first kappa shape index (κ1) is 14.9. The number of likely N-dealkylation sites (tertiary alicyclic amines) is 1. The molecule has 1 fully saturated rings. The first-order valence-corrected chi connectivity index (χ1v) is 7.38. The third kappa shape index (κ3) is 3.97. The molecule has 2 unspecified atom stereocenters. The zero-order valence-corrected chi connectivity index (χ0v) is 12.1. The molecule has 0 spiro atoms. The van der Waals surface area contributed by atoms with E-state index in [1.807, 2.05) is 17.0 Å². The molecule has 2 rings (SSSR count). The molecule has 1 aromatic rings. The lowest BCUT2D eigenvalue weighted by atomic mass is 10.0. The van der Waals surface area contributed by atoms with E-state index in [2.05, 4.69) is 6.92 Å². The summed E-state index contributed by atoms with van der Waals surface area (Å²) in [5.74, 6) is 0.975. The number of phenolic OH excluding ortho intramolecular Hbond substituents is 1. The molecule has 0 saturated carbocycles. The van der Waals surface area contributed by atoms with Gasteiger partial charge >= 0.3 is 0 Å². The molecule has 110 valence electrons. The summed E-state index contributed by atoms with van der Waals surface area (Å²) in [6.45, 7) is 3.89. The fourth-order valence-electron chi connectivity index (χ4n) is 2.69. The van der Waals surface area contributed by atoms with Gasteiger partial charge < -0.3 is 15.7 Å². The highest BCUT2D eigenvalue weighted by Gasteiger charge is 2.23. The van der Waals surface area contributed by atoms with Gasteiger partial charge in [0.15, 0.2) is 0 Å². The van der Waals surface area contributed by atoms with E-state index < -0.39 is 6.04 Å². The molecule has 1 aliphatic rings. The smallest absolute Gasteiger partial charge is 0.239 e. The van der Waals surface area contributed by atoms with Crippen LogP contribution in [-0.4, -0.2) is 35.0 Å². The summed E-state index contributed by atoms with van der Waals surface area (Å²) in [5, 5.41) is 9.25. The Balaban J connectivity index is 1.92. The quantitative estimate of drug-likeness (QED) is 0.886. The molecule has 2 atom stereocenters. The molecule has 3 N–H and O–H groups in total. The van der Waals surface area contributed by atoms with Gasteiger partial charge in [-0.15, -0.1) is 0 Å². The molecule has 0 aliphatic carbocycles. The van der Waals surface area contributed by atoms with E-state index in [1.54, 1.807) is 12.1 Å². The number of benzene rings is 1. The van der Waals surface area contributed by atoms with Crippen LogP contribution in [0.2, 0.25) is 0 Å². The van der Waals surface area contributed by atoms with Gasteiger partial charge in [0.25, 0.3) is 0 Å². The largest absolute Gasteiger partial charge is 0.508 e. The molecule has 1 saturated heterocycles. The summed E-state index contributed by atoms with van der Waals surface area (Å²) in [5.41, 5.74) is 7.03. The number of hydrogen-bond acceptors (Lipinski definition) is 3. The minimum absolute atomic E-state index is 0.0483. The third-order valence-electron chi connectivity index (χ3n) is 4.04. The predicted molar refractivity (Wildman–Crippen MR) is 79.4 cm³/mol. The number of hydrogen-bond donors (Lipinski definition) is 2. The van der Waals surface area contributed by atoms with Crippen LogP contribution in [0.4, 0.5) is 0 Å². The summed E-state index contributed by atoms with van der Waals surface area (Å²) in [4.78, 5) is 14.3. The molecule has 1 aromatic carbocycles. The normalized spacial score (nSPS) is 21.3. The van der Waals surface area contributed by atoms with Crippen molar-refractivity contribution in [2.45, 2.75) is 38.6 Å². The van der Waals surface area contributed by atoms with Gasteiger partial charge in [-0.3, -0.25) is 4.79 Å². The first-order chi connectivity index (χ1) is 9.56. The van der Waals surface area contributed by atoms with E-state index in [-0.39, 0.29) is 11.7 Å². The second-order valence-corrected chi connectivity index (χ2v) is 5.84. The minimum atomic E-state index is -0.493. The van der Waals surface area contributed by atoms with Gasteiger partial charge in [0, 0.05) is 13.1 Å². The number of amides is 1. The maximum Gasteiger partial charge on any atom is 0.239 e. The van der Waals surface area contributed by atoms with Crippen molar-refractivity contribution in [2.24, 2.45) is 11.7 Å². The zero-order chi connectivity index (χ0) is 14.5. The van der Waals surface area contributed by atoms with Crippen LogP contribution in [0.3, 0.4) is 0 Å². The zero-order valence-electron chi connectivity index (χ0n) is 12.1. The Morgan fingerprint density at radius 1 is 1.35 bits per heavy atom. The highest BCUT2D eigenvalue weighted by molar-refractivity contribution is 5.82. The highest BCUT2D eigenvalue weighted by atomic mass is 16.3. The average Bonchev–Trinajstić information content (AvgIpc) is 2.65. The van der Waals surface area contributed by atoms with Crippen molar-refractivity contribution in [3.63, 3.8) is 0 Å². The van der Waals surface area contributed by atoms with Crippen molar-refractivity contribution >= 4 is 5.91 Å². The lowest BCUT2D eigenvalue weighted by Crippen LogP contribution is -2.45. The highest BCUT2D eigenvalue weighted by Crippen LogP contribution is 2.17. The number of nitrogens with two attached hydrogens (primary N) is 1. The molecule has 0 bridgehead atoms. The van der Waals surface area contributed by atoms with Crippen LogP contribution in [0.1, 0.15) is 31.7 Å². The van der Waals surface area contributed by atoms with E-state index >= 15 is 0 Å². The van der Waals surface area contributed by atoms with Gasteiger partial charge in [-0.05, 0) is 49.3 Å². The molecule has 20 heavy (non-hydrogen) atoms. The summed E-state index contributed by atoms with van der Waals surface area (Å²) < 4.78 is 0. The molecule has 0 aromatic heterocycles. The van der Waals surface area contributed by atoms with Crippen LogP contribution in [0.5, 0.6) is 5.75 Å². The van der Waals surface area contributed by atoms with Crippen molar-refractivity contribution in [1.29, 1.82) is 0 Å². The Morgan fingerprint density at radius 3 is 2.75 bits per heavy atom. The second kappa shape index (κ2) is 6.75. The van der Waals surface area contributed by atoms with Crippen molar-refractivity contribution in [3.8, 4) is 5.75 Å². The summed E-state index contributed by atoms with van der Waals surface area (Å²) in [6, 6.07) is 6.38. The molecular weight excluding hydrogens is 252 g/mol. The fourth-order valence-corrected chi connectivity index (χ4v) is 2.69. The number of aromatic hydroxyl groups is 1. The monoisotopic (exact) mass is 276 g/mol. The summed E-state index contributed by atoms with van der Waals surface area (Å²) in [7, 11) is 0. The Labute approximate surface area is 120 Å². The van der Waals surface area contributed by atoms with E-state index in [9.17, 15) is 9.90 Å². The minimum Gasteiger partial charge on any atom is -0.508 e. The average molecular weight is 276 g/mol. The maximum atomic E-state index is 12.4. The van der Waals surface area contributed by atoms with Crippen LogP contribution in [0, 0.1) is 5.92 Å². The topological polar surface area (TPSA) is 66.6 Å². The Morgan fingerprint density at radius 2 is 2.05 bits per heavy atom. The van der Waals surface area contributed by atoms with Crippen LogP contribution in [-0.2, 0) is 11.2 Å². The van der Waals surface area contributed by atoms with Gasteiger partial charge in [0.2, 0.25) is 5.91 Å². The molecule has 1 heterocycles. The molecule has 4 heteroatoms. The molecule has 1 amide bonds. The van der Waals surface area contributed by atoms with Crippen molar-refractivity contribution < 1.29 is 9.90 Å². The number of carbonyl (C=O) groups excluding carboxylic acids is 1. The van der Waals surface area contributed by atoms with Gasteiger partial charge in [-0.25, -0.2) is 0 Å². The van der Waals surface area contributed by atoms with Crippen molar-refractivity contribution in [3.05, 3.63) is 29.8 Å². The van der Waals surface area contributed by atoms with Crippen molar-refractivity contribution in [1.82, 2.24) is 4.90 Å². The number of phenols is 1. The van der Waals surface area contributed by atoms with Crippen LogP contribution in [0.15, 0.2) is 24.3 Å². The predicted octanol–water partition coefficient (Wildman–Crippen LogP) is 1.91. The van der Waals surface area contributed by atoms with E-state index in [1.165, 1.54) is 6.42 Å². The van der Waals surface area contributed by atoms with E-state index in [4.69, 9.17) is 5.73 Å². The second-order valence-electron chi connectivity index (χ2n) is 5.84. The lowest BCUT2D eigenvalue weighted by Gasteiger charge is -2.24. The maximum absolute atomic E-state index is 12.4. The summed E-state index contributed by atoms with van der Waals surface area (Å²) in [6.07, 6.45) is 3.85. The fraction of sp³-hybridized carbons (Fsp3) is 0.562. The number of nitrogens with zero attached hydrogens (tertiary/aromatic N) is 1. The molecule has 0 radical (unpaired) electrons. The summed E-state index contributed by atoms with van der Waals surface area (Å²) >= 11 is 0. The molecule has 1 aliphatic heterocycles. The number of carbonyl (C=O) groups is 1. The SMILES string of the molecule is CC1CCCN(C(=O)C(N)Cc2ccc(O)cc2)CC1. The standard InChI is InChI=1S/C16H24N2O2/c1-12-3-2-9-18(10-8-12)16(20)15(17)11-13-4-6-14(19)7-5-13/h4-7,12,15,19H,2-3,8-11,17H2,1H3. The molecular formula is C16H24N2O2.